The molecule has 1 aliphatic carbocycles. The van der Waals surface area contributed by atoms with E-state index in [0.29, 0.717) is 6.54 Å². The maximum Gasteiger partial charge on any atom is 0.107 e. The molecule has 0 saturated carbocycles. The van der Waals surface area contributed by atoms with Crippen LogP contribution in [0.25, 0.3) is 11.1 Å². The maximum atomic E-state index is 5.28. The van der Waals surface area contributed by atoms with E-state index >= 15 is 0 Å². The summed E-state index contributed by atoms with van der Waals surface area (Å²) in [5.41, 5.74) is 8.00. The number of fused-ring (bicyclic) bond motifs is 1. The summed E-state index contributed by atoms with van der Waals surface area (Å²) < 4.78 is 1.86. The summed E-state index contributed by atoms with van der Waals surface area (Å²) in [7, 11) is 1.96. The molecule has 2 aliphatic rings. The first-order chi connectivity index (χ1) is 12.7. The molecule has 6 heteroatoms. The normalized spacial score (nSPS) is 18.5. The Bertz CT molecular complexity index is 956. The number of hydrogen-bond donors (Lipinski definition) is 0. The Labute approximate surface area is 160 Å². The fourth-order valence-corrected chi connectivity index (χ4v) is 4.29. The molecule has 6 nitrogen and oxygen atoms in total. The molecule has 0 spiro atoms. The summed E-state index contributed by atoms with van der Waals surface area (Å²) >= 11 is 0. The van der Waals surface area contributed by atoms with Gasteiger partial charge >= 0.3 is 0 Å². The third-order valence-electron chi connectivity index (χ3n) is 5.61. The van der Waals surface area contributed by atoms with Gasteiger partial charge in [0, 0.05) is 40.8 Å². The number of aromatic nitrogens is 3. The van der Waals surface area contributed by atoms with Crippen LogP contribution in [-0.2, 0) is 24.3 Å². The molecule has 4 rings (SSSR count). The van der Waals surface area contributed by atoms with Crippen LogP contribution < -0.4 is 0 Å². The molecule has 0 unspecified atom stereocenters. The molecule has 2 aromatic rings. The van der Waals surface area contributed by atoms with Crippen molar-refractivity contribution in [2.24, 2.45) is 22.5 Å². The lowest BCUT2D eigenvalue weighted by atomic mass is 9.71. The van der Waals surface area contributed by atoms with Crippen LogP contribution >= 0.6 is 0 Å². The van der Waals surface area contributed by atoms with Crippen LogP contribution in [0.15, 0.2) is 27.8 Å². The van der Waals surface area contributed by atoms with Crippen LogP contribution in [0.2, 0.25) is 0 Å². The average Bonchev–Trinajstić information content (AvgIpc) is 3.23. The van der Waals surface area contributed by atoms with Gasteiger partial charge in [0.15, 0.2) is 0 Å². The molecule has 0 radical (unpaired) electrons. The van der Waals surface area contributed by atoms with Gasteiger partial charge in [0.05, 0.1) is 23.3 Å². The van der Waals surface area contributed by atoms with E-state index < -0.39 is 0 Å². The van der Waals surface area contributed by atoms with E-state index in [0.717, 1.165) is 35.4 Å². The number of nitrogens with zero attached hydrogens (tertiary/aromatic N) is 6. The second-order valence-corrected chi connectivity index (χ2v) is 9.36. The van der Waals surface area contributed by atoms with Crippen molar-refractivity contribution < 1.29 is 0 Å². The third kappa shape index (κ3) is 3.01. The molecular weight excluding hydrogens is 336 g/mol. The number of pyridine rings is 1. The van der Waals surface area contributed by atoms with E-state index in [-0.39, 0.29) is 10.8 Å². The summed E-state index contributed by atoms with van der Waals surface area (Å²) in [4.78, 5) is 5.28. The largest absolute Gasteiger partial charge is 0.275 e. The minimum absolute atomic E-state index is 0.0648. The Hall–Kier alpha value is -2.37. The molecular formula is C21H28N6. The van der Waals surface area contributed by atoms with Crippen molar-refractivity contribution in [3.05, 3.63) is 34.9 Å². The van der Waals surface area contributed by atoms with Crippen LogP contribution in [0.1, 0.15) is 70.0 Å². The molecule has 1 aliphatic heterocycles. The lowest BCUT2D eigenvalue weighted by molar-refractivity contribution is 0.412. The number of hydrogen-bond acceptors (Lipinski definition) is 5. The van der Waals surface area contributed by atoms with E-state index in [1.54, 1.807) is 0 Å². The molecule has 0 N–H and O–H groups in total. The quantitative estimate of drug-likeness (QED) is 0.783. The summed E-state index contributed by atoms with van der Waals surface area (Å²) in [6.07, 6.45) is 7.42. The Morgan fingerprint density at radius 3 is 2.52 bits per heavy atom. The summed E-state index contributed by atoms with van der Waals surface area (Å²) in [6.45, 7) is 11.8. The first kappa shape index (κ1) is 18.0. The van der Waals surface area contributed by atoms with Crippen LogP contribution in [0.4, 0.5) is 0 Å². The highest BCUT2D eigenvalue weighted by Gasteiger charge is 2.37. The van der Waals surface area contributed by atoms with Crippen molar-refractivity contribution in [1.29, 1.82) is 0 Å². The zero-order valence-electron chi connectivity index (χ0n) is 17.2. The summed E-state index contributed by atoms with van der Waals surface area (Å²) in [5.74, 6) is 0. The van der Waals surface area contributed by atoms with Gasteiger partial charge in [-0.2, -0.15) is 10.2 Å². The van der Waals surface area contributed by atoms with Crippen molar-refractivity contribution in [2.45, 2.75) is 64.7 Å². The van der Waals surface area contributed by atoms with Gasteiger partial charge in [-0.25, -0.2) is 0 Å². The number of aryl methyl sites for hydroxylation is 1. The standard InChI is InChI=1S/C21H28N6/c1-20(2,3)19-17(15-11-22-26-25-15)16(13-10-23-27(6)12-13)14-8-7-9-21(4,5)18(14)24-19/h10,12H,7-9,11H2,1-6H3. The summed E-state index contributed by atoms with van der Waals surface area (Å²) in [6, 6.07) is 0. The highest BCUT2D eigenvalue weighted by molar-refractivity contribution is 6.09. The van der Waals surface area contributed by atoms with Crippen LogP contribution in [0.3, 0.4) is 0 Å². The fourth-order valence-electron chi connectivity index (χ4n) is 4.29. The number of rotatable bonds is 2. The van der Waals surface area contributed by atoms with E-state index in [1.807, 2.05) is 17.9 Å². The van der Waals surface area contributed by atoms with E-state index in [9.17, 15) is 0 Å². The van der Waals surface area contributed by atoms with Gasteiger partial charge in [0.1, 0.15) is 6.54 Å². The van der Waals surface area contributed by atoms with Crippen LogP contribution in [0, 0.1) is 0 Å². The van der Waals surface area contributed by atoms with E-state index in [2.05, 4.69) is 61.4 Å². The van der Waals surface area contributed by atoms with Crippen molar-refractivity contribution >= 4 is 5.71 Å². The Kier molecular flexibility index (Phi) is 4.05. The van der Waals surface area contributed by atoms with Crippen molar-refractivity contribution in [3.63, 3.8) is 0 Å². The van der Waals surface area contributed by atoms with Gasteiger partial charge in [-0.1, -0.05) is 34.6 Å². The molecule has 0 saturated heterocycles. The van der Waals surface area contributed by atoms with Crippen LogP contribution in [-0.4, -0.2) is 27.0 Å². The van der Waals surface area contributed by atoms with Gasteiger partial charge in [-0.15, -0.1) is 5.10 Å². The Morgan fingerprint density at radius 2 is 1.93 bits per heavy atom. The van der Waals surface area contributed by atoms with Crippen LogP contribution in [0.5, 0.6) is 0 Å². The molecule has 142 valence electrons. The highest BCUT2D eigenvalue weighted by Crippen LogP contribution is 2.44. The van der Waals surface area contributed by atoms with Gasteiger partial charge in [0.25, 0.3) is 0 Å². The minimum Gasteiger partial charge on any atom is -0.275 e. The first-order valence-electron chi connectivity index (χ1n) is 9.69. The summed E-state index contributed by atoms with van der Waals surface area (Å²) in [5, 5.41) is 16.8. The van der Waals surface area contributed by atoms with Gasteiger partial charge in [0.2, 0.25) is 0 Å². The molecule has 0 bridgehead atoms. The topological polar surface area (TPSA) is 67.8 Å². The average molecular weight is 364 g/mol. The molecule has 0 aromatic carbocycles. The molecule has 0 fully saturated rings. The Morgan fingerprint density at radius 1 is 1.15 bits per heavy atom. The first-order valence-corrected chi connectivity index (χ1v) is 9.69. The lowest BCUT2D eigenvalue weighted by Crippen LogP contribution is -2.31. The molecule has 2 aromatic heterocycles. The molecule has 3 heterocycles. The predicted octanol–water partition coefficient (Wildman–Crippen LogP) is 4.56. The van der Waals surface area contributed by atoms with Crippen molar-refractivity contribution in [3.8, 4) is 11.1 Å². The molecule has 0 amide bonds. The zero-order chi connectivity index (χ0) is 19.4. The predicted molar refractivity (Wildman–Crippen MR) is 107 cm³/mol. The van der Waals surface area contributed by atoms with Gasteiger partial charge in [-0.3, -0.25) is 9.67 Å². The zero-order valence-corrected chi connectivity index (χ0v) is 17.2. The molecule has 27 heavy (non-hydrogen) atoms. The van der Waals surface area contributed by atoms with E-state index in [4.69, 9.17) is 4.98 Å². The fraction of sp³-hybridized carbons (Fsp3) is 0.571. The lowest BCUT2D eigenvalue weighted by Gasteiger charge is -2.36. The van der Waals surface area contributed by atoms with E-state index in [1.165, 1.54) is 23.2 Å². The van der Waals surface area contributed by atoms with Gasteiger partial charge in [-0.05, 0) is 30.0 Å². The van der Waals surface area contributed by atoms with Crippen molar-refractivity contribution in [1.82, 2.24) is 14.8 Å². The monoisotopic (exact) mass is 364 g/mol. The minimum atomic E-state index is -0.111. The Balaban J connectivity index is 2.12. The highest BCUT2D eigenvalue weighted by atomic mass is 15.4. The smallest absolute Gasteiger partial charge is 0.107 e. The third-order valence-corrected chi connectivity index (χ3v) is 5.61. The van der Waals surface area contributed by atoms with Gasteiger partial charge < -0.3 is 0 Å². The second-order valence-electron chi connectivity index (χ2n) is 9.36. The SMILES string of the molecule is Cn1cc(-c2c3c(nc(C(C)(C)C)c2C2=NN=NC2)C(C)(C)CCC3)cn1. The molecule has 0 atom stereocenters. The maximum absolute atomic E-state index is 5.28. The second kappa shape index (κ2) is 6.08. The van der Waals surface area contributed by atoms with Crippen molar-refractivity contribution in [2.75, 3.05) is 6.54 Å².